The first-order valence-corrected chi connectivity index (χ1v) is 10.7. The molecule has 7 nitrogen and oxygen atoms in total. The predicted molar refractivity (Wildman–Crippen MR) is 125 cm³/mol. The zero-order chi connectivity index (χ0) is 22.9. The third kappa shape index (κ3) is 3.97. The summed E-state index contributed by atoms with van der Waals surface area (Å²) in [4.78, 5) is 25.7. The van der Waals surface area contributed by atoms with Crippen LogP contribution >= 0.6 is 23.2 Å². The van der Waals surface area contributed by atoms with E-state index in [1.165, 1.54) is 12.5 Å². The molecule has 0 unspecified atom stereocenters. The largest absolute Gasteiger partial charge is 0.497 e. The van der Waals surface area contributed by atoms with E-state index in [0.717, 1.165) is 11.1 Å². The number of methoxy groups -OCH3 is 1. The molecule has 0 atom stereocenters. The summed E-state index contributed by atoms with van der Waals surface area (Å²) in [5.74, 6) is 0.442. The van der Waals surface area contributed by atoms with E-state index < -0.39 is 5.78 Å². The minimum Gasteiger partial charge on any atom is -0.497 e. The molecule has 0 saturated heterocycles. The summed E-state index contributed by atoms with van der Waals surface area (Å²) in [6, 6.07) is 14.6. The average molecular weight is 479 g/mol. The molecule has 0 saturated carbocycles. The molecule has 0 spiro atoms. The van der Waals surface area contributed by atoms with Crippen LogP contribution in [0.5, 0.6) is 5.75 Å². The Hall–Kier alpha value is -3.68. The average Bonchev–Trinajstić information content (AvgIpc) is 3.44. The number of carbonyl (C=O) groups is 1. The highest BCUT2D eigenvalue weighted by molar-refractivity contribution is 6.36. The van der Waals surface area contributed by atoms with Crippen molar-refractivity contribution >= 4 is 39.9 Å². The second-order valence-corrected chi connectivity index (χ2v) is 8.01. The highest BCUT2D eigenvalue weighted by Crippen LogP contribution is 2.35. The standard InChI is InChI=1S/C24H16Cl2N4O3/c1-32-16-6-7-19-17(10-16)21(23(26)30(19)12-14-2-4-15(25)5-3-14)22(31)24-28-11-20(33-24)18-8-9-27-13-29-18/h2-11,13H,12H2,1H3. The topological polar surface area (TPSA) is 83.0 Å². The summed E-state index contributed by atoms with van der Waals surface area (Å²) >= 11 is 12.8. The van der Waals surface area contributed by atoms with Gasteiger partial charge in [-0.1, -0.05) is 35.3 Å². The van der Waals surface area contributed by atoms with Gasteiger partial charge in [-0.25, -0.2) is 15.0 Å². The molecule has 0 aliphatic heterocycles. The highest BCUT2D eigenvalue weighted by atomic mass is 35.5. The lowest BCUT2D eigenvalue weighted by Gasteiger charge is -2.08. The number of rotatable bonds is 6. The molecule has 5 rings (SSSR count). The van der Waals surface area contributed by atoms with Crippen molar-refractivity contribution in [3.05, 3.63) is 94.4 Å². The lowest BCUT2D eigenvalue weighted by atomic mass is 10.1. The lowest BCUT2D eigenvalue weighted by molar-refractivity contribution is 0.100. The molecule has 164 valence electrons. The van der Waals surface area contributed by atoms with Crippen molar-refractivity contribution in [1.29, 1.82) is 0 Å². The molecule has 33 heavy (non-hydrogen) atoms. The molecule has 2 aromatic carbocycles. The molecular weight excluding hydrogens is 463 g/mol. The van der Waals surface area contributed by atoms with Crippen LogP contribution in [-0.2, 0) is 6.54 Å². The molecular formula is C24H16Cl2N4O3. The number of hydrogen-bond donors (Lipinski definition) is 0. The number of hydrogen-bond acceptors (Lipinski definition) is 6. The summed E-state index contributed by atoms with van der Waals surface area (Å²) in [6.45, 7) is 0.448. The molecule has 0 bridgehead atoms. The normalized spacial score (nSPS) is 11.1. The number of oxazole rings is 1. The second kappa shape index (κ2) is 8.69. The zero-order valence-corrected chi connectivity index (χ0v) is 18.8. The summed E-state index contributed by atoms with van der Waals surface area (Å²) in [5.41, 5.74) is 2.57. The Bertz CT molecular complexity index is 1460. The lowest BCUT2D eigenvalue weighted by Crippen LogP contribution is -2.04. The fraction of sp³-hybridized carbons (Fsp3) is 0.0833. The Balaban J connectivity index is 1.61. The van der Waals surface area contributed by atoms with Gasteiger partial charge < -0.3 is 13.7 Å². The van der Waals surface area contributed by atoms with Crippen LogP contribution in [0.4, 0.5) is 0 Å². The van der Waals surface area contributed by atoms with Gasteiger partial charge in [0.1, 0.15) is 22.9 Å². The molecule has 0 N–H and O–H groups in total. The highest BCUT2D eigenvalue weighted by Gasteiger charge is 2.26. The Morgan fingerprint density at radius 3 is 2.64 bits per heavy atom. The Morgan fingerprint density at radius 2 is 1.91 bits per heavy atom. The Labute approximate surface area is 198 Å². The first-order chi connectivity index (χ1) is 16.0. The number of fused-ring (bicyclic) bond motifs is 1. The fourth-order valence-corrected chi connectivity index (χ4v) is 4.08. The second-order valence-electron chi connectivity index (χ2n) is 7.21. The molecule has 0 aliphatic rings. The van der Waals surface area contributed by atoms with Gasteiger partial charge in [0.15, 0.2) is 5.76 Å². The summed E-state index contributed by atoms with van der Waals surface area (Å²) in [6.07, 6.45) is 4.43. The van der Waals surface area contributed by atoms with Crippen molar-refractivity contribution < 1.29 is 13.9 Å². The minimum absolute atomic E-state index is 0.0844. The van der Waals surface area contributed by atoms with Crippen LogP contribution in [0.15, 0.2) is 71.7 Å². The SMILES string of the molecule is COc1ccc2c(c1)c(C(=O)c1ncc(-c3ccncn3)o1)c(Cl)n2Cc1ccc(Cl)cc1. The number of nitrogens with zero attached hydrogens (tertiary/aromatic N) is 4. The number of ketones is 1. The third-order valence-electron chi connectivity index (χ3n) is 5.22. The maximum atomic E-state index is 13.5. The number of aromatic nitrogens is 4. The fourth-order valence-electron chi connectivity index (χ4n) is 3.61. The molecule has 0 fully saturated rings. The molecule has 9 heteroatoms. The predicted octanol–water partition coefficient (Wildman–Crippen LogP) is 5.68. The van der Waals surface area contributed by atoms with Crippen molar-refractivity contribution in [2.45, 2.75) is 6.54 Å². The van der Waals surface area contributed by atoms with Crippen molar-refractivity contribution in [2.75, 3.05) is 7.11 Å². The van der Waals surface area contributed by atoms with Crippen molar-refractivity contribution in [2.24, 2.45) is 0 Å². The van der Waals surface area contributed by atoms with Gasteiger partial charge >= 0.3 is 0 Å². The van der Waals surface area contributed by atoms with E-state index >= 15 is 0 Å². The van der Waals surface area contributed by atoms with Gasteiger partial charge in [-0.3, -0.25) is 4.79 Å². The molecule has 3 heterocycles. The monoisotopic (exact) mass is 478 g/mol. The van der Waals surface area contributed by atoms with Crippen molar-refractivity contribution in [1.82, 2.24) is 19.5 Å². The Kier molecular flexibility index (Phi) is 5.58. The van der Waals surface area contributed by atoms with Gasteiger partial charge in [-0.15, -0.1) is 0 Å². The summed E-state index contributed by atoms with van der Waals surface area (Å²) in [7, 11) is 1.57. The minimum atomic E-state index is -0.437. The molecule has 3 aromatic heterocycles. The first-order valence-electron chi connectivity index (χ1n) is 9.92. The molecule has 5 aromatic rings. The number of halogens is 2. The maximum Gasteiger partial charge on any atom is 0.269 e. The number of benzene rings is 2. The molecule has 0 amide bonds. The van der Waals surface area contributed by atoms with Gasteiger partial charge in [0.05, 0.1) is 24.4 Å². The summed E-state index contributed by atoms with van der Waals surface area (Å²) in [5, 5.41) is 1.56. The van der Waals surface area contributed by atoms with Crippen LogP contribution in [0.2, 0.25) is 10.2 Å². The van der Waals surface area contributed by atoms with Gasteiger partial charge in [0.25, 0.3) is 11.7 Å². The van der Waals surface area contributed by atoms with Crippen LogP contribution in [0.1, 0.15) is 21.8 Å². The number of ether oxygens (including phenoxy) is 1. The van der Waals surface area contributed by atoms with Gasteiger partial charge in [-0.05, 0) is 42.0 Å². The Morgan fingerprint density at radius 1 is 1.09 bits per heavy atom. The summed E-state index contributed by atoms with van der Waals surface area (Å²) < 4.78 is 13.0. The van der Waals surface area contributed by atoms with Gasteiger partial charge in [-0.2, -0.15) is 0 Å². The van der Waals surface area contributed by atoms with E-state index in [4.69, 9.17) is 32.4 Å². The molecule has 0 aliphatic carbocycles. The van der Waals surface area contributed by atoms with E-state index in [0.29, 0.717) is 34.2 Å². The van der Waals surface area contributed by atoms with Crippen LogP contribution in [0.25, 0.3) is 22.4 Å². The maximum absolute atomic E-state index is 13.5. The third-order valence-corrected chi connectivity index (χ3v) is 5.87. The van der Waals surface area contributed by atoms with E-state index in [1.807, 2.05) is 41.0 Å². The van der Waals surface area contributed by atoms with E-state index in [1.54, 1.807) is 25.4 Å². The van der Waals surface area contributed by atoms with E-state index in [2.05, 4.69) is 15.0 Å². The van der Waals surface area contributed by atoms with Crippen LogP contribution in [0.3, 0.4) is 0 Å². The van der Waals surface area contributed by atoms with Crippen molar-refractivity contribution in [3.8, 4) is 17.2 Å². The van der Waals surface area contributed by atoms with E-state index in [-0.39, 0.29) is 16.6 Å². The van der Waals surface area contributed by atoms with Gasteiger partial charge in [0, 0.05) is 23.2 Å². The number of carbonyl (C=O) groups excluding carboxylic acids is 1. The first kappa shape index (κ1) is 21.2. The van der Waals surface area contributed by atoms with Gasteiger partial charge in [0.2, 0.25) is 0 Å². The smallest absolute Gasteiger partial charge is 0.269 e. The van der Waals surface area contributed by atoms with E-state index in [9.17, 15) is 4.79 Å². The van der Waals surface area contributed by atoms with Crippen LogP contribution in [-0.4, -0.2) is 32.4 Å². The van der Waals surface area contributed by atoms with Crippen LogP contribution < -0.4 is 4.74 Å². The zero-order valence-electron chi connectivity index (χ0n) is 17.3. The quantitative estimate of drug-likeness (QED) is 0.292. The van der Waals surface area contributed by atoms with Crippen LogP contribution in [0, 0.1) is 0 Å². The van der Waals surface area contributed by atoms with Crippen molar-refractivity contribution in [3.63, 3.8) is 0 Å². The molecule has 0 radical (unpaired) electrons.